The lowest BCUT2D eigenvalue weighted by Gasteiger charge is -2.29. The fourth-order valence-corrected chi connectivity index (χ4v) is 6.09. The number of Topliss-reactive ketones (excluding diaryl/α,β-unsaturated/α-hetero) is 1. The summed E-state index contributed by atoms with van der Waals surface area (Å²) in [7, 11) is 0. The van der Waals surface area contributed by atoms with E-state index in [4.69, 9.17) is 9.47 Å². The maximum atomic E-state index is 13.6. The number of nitrogens with one attached hydrogen (secondary N) is 2. The number of cyclic esters (lactones) is 1. The maximum absolute atomic E-state index is 13.6. The lowest BCUT2D eigenvalue weighted by Crippen LogP contribution is -2.51. The summed E-state index contributed by atoms with van der Waals surface area (Å²) < 4.78 is 11.3. The lowest BCUT2D eigenvalue weighted by molar-refractivity contribution is -0.129. The fraction of sp³-hybridized carbons (Fsp3) is 0.300. The van der Waals surface area contributed by atoms with Crippen molar-refractivity contribution in [2.75, 3.05) is 18.1 Å². The third-order valence-electron chi connectivity index (χ3n) is 8.75. The molecule has 1 aliphatic rings. The van der Waals surface area contributed by atoms with Gasteiger partial charge in [0.05, 0.1) is 18.7 Å². The van der Waals surface area contributed by atoms with Crippen molar-refractivity contribution in [2.24, 2.45) is 0 Å². The highest BCUT2D eigenvalue weighted by atomic mass is 16.6. The van der Waals surface area contributed by atoms with Crippen LogP contribution < -0.4 is 20.3 Å². The van der Waals surface area contributed by atoms with E-state index in [-0.39, 0.29) is 31.3 Å². The Bertz CT molecular complexity index is 1760. The summed E-state index contributed by atoms with van der Waals surface area (Å²) >= 11 is 0. The van der Waals surface area contributed by atoms with Crippen LogP contribution in [0.3, 0.4) is 0 Å². The van der Waals surface area contributed by atoms with Crippen LogP contribution in [0.25, 0.3) is 0 Å². The van der Waals surface area contributed by atoms with Crippen LogP contribution in [0.15, 0.2) is 103 Å². The smallest absolute Gasteiger partial charge is 0.415 e. The molecule has 3 N–H and O–H groups in total. The summed E-state index contributed by atoms with van der Waals surface area (Å²) in [5.41, 5.74) is 4.71. The van der Waals surface area contributed by atoms with Crippen molar-refractivity contribution in [3.8, 4) is 5.75 Å². The maximum Gasteiger partial charge on any atom is 0.415 e. The number of hydrogen-bond donors (Lipinski definition) is 3. The lowest BCUT2D eigenvalue weighted by atomic mass is 9.93. The van der Waals surface area contributed by atoms with Gasteiger partial charge in [-0.15, -0.1) is 0 Å². The van der Waals surface area contributed by atoms with E-state index in [9.17, 15) is 24.3 Å². The summed E-state index contributed by atoms with van der Waals surface area (Å²) in [4.78, 5) is 52.6. The van der Waals surface area contributed by atoms with Crippen molar-refractivity contribution in [2.45, 2.75) is 64.3 Å². The van der Waals surface area contributed by atoms with E-state index in [1.165, 1.54) is 11.8 Å². The Kier molecular flexibility index (Phi) is 12.0. The van der Waals surface area contributed by atoms with E-state index in [0.717, 1.165) is 22.3 Å². The zero-order valence-electron chi connectivity index (χ0n) is 28.5. The zero-order chi connectivity index (χ0) is 35.6. The number of aliphatic hydroxyl groups is 1. The number of rotatable bonds is 15. The van der Waals surface area contributed by atoms with Gasteiger partial charge in [0.25, 0.3) is 11.8 Å². The minimum Gasteiger partial charge on any atom is -0.483 e. The first-order valence-electron chi connectivity index (χ1n) is 16.7. The predicted octanol–water partition coefficient (Wildman–Crippen LogP) is 5.12. The van der Waals surface area contributed by atoms with Crippen LogP contribution in [0.5, 0.6) is 5.75 Å². The van der Waals surface area contributed by atoms with E-state index >= 15 is 0 Å². The third kappa shape index (κ3) is 9.57. The zero-order valence-corrected chi connectivity index (χ0v) is 28.5. The number of aliphatic hydroxyl groups excluding tert-OH is 1. The average molecular weight is 678 g/mol. The molecule has 4 aromatic rings. The molecule has 0 bridgehead atoms. The van der Waals surface area contributed by atoms with Crippen molar-refractivity contribution >= 4 is 29.4 Å². The quantitative estimate of drug-likeness (QED) is 0.149. The van der Waals surface area contributed by atoms with Crippen LogP contribution in [-0.4, -0.2) is 66.2 Å². The molecule has 0 saturated carbocycles. The second kappa shape index (κ2) is 16.8. The molecule has 4 aromatic carbocycles. The standard InChI is InChI=1S/C40H43N3O7/c1-26-11-10-12-27(2)38(26)49-25-37(46)41-32(21-29-13-6-4-7-14-29)23-35(45)34(22-30-15-8-5-9-16-30)42-39(47)36-24-43(40(48)50-36)33-19-17-31(18-20-33)28(3)44/h4-20,32,34-36,45H,21-25H2,1-3H3,(H,41,46)(H,42,47)/t32-,34-,35-,36-/m0/s1. The molecule has 0 radical (unpaired) electrons. The first kappa shape index (κ1) is 35.8. The number of amides is 3. The van der Waals surface area contributed by atoms with Gasteiger partial charge < -0.3 is 25.2 Å². The van der Waals surface area contributed by atoms with Gasteiger partial charge >= 0.3 is 6.09 Å². The molecular weight excluding hydrogens is 634 g/mol. The van der Waals surface area contributed by atoms with E-state index in [2.05, 4.69) is 10.6 Å². The molecule has 10 heteroatoms. The highest BCUT2D eigenvalue weighted by molar-refractivity contribution is 5.97. The van der Waals surface area contributed by atoms with Crippen LogP contribution in [0.2, 0.25) is 0 Å². The monoisotopic (exact) mass is 677 g/mol. The van der Waals surface area contributed by atoms with E-state index < -0.39 is 36.3 Å². The molecule has 3 amide bonds. The molecule has 0 unspecified atom stereocenters. The summed E-state index contributed by atoms with van der Waals surface area (Å²) in [5.74, 6) is -0.324. The number of carbonyl (C=O) groups is 4. The largest absolute Gasteiger partial charge is 0.483 e. The number of ether oxygens (including phenoxy) is 2. The van der Waals surface area contributed by atoms with Gasteiger partial charge in [0.1, 0.15) is 5.75 Å². The molecule has 4 atom stereocenters. The van der Waals surface area contributed by atoms with Gasteiger partial charge in [-0.05, 0) is 86.6 Å². The number of ketones is 1. The SMILES string of the molecule is CC(=O)c1ccc(N2C[C@@H](C(=O)N[C@@H](Cc3ccccc3)[C@@H](O)C[C@H](Cc3ccccc3)NC(=O)COc3c(C)cccc3C)OC2=O)cc1. The Hall–Kier alpha value is -5.48. The van der Waals surface area contributed by atoms with Crippen molar-refractivity contribution in [1.82, 2.24) is 10.6 Å². The van der Waals surface area contributed by atoms with Crippen LogP contribution in [0, 0.1) is 13.8 Å². The number of hydrogen-bond acceptors (Lipinski definition) is 7. The number of para-hydroxylation sites is 1. The van der Waals surface area contributed by atoms with E-state index in [0.29, 0.717) is 29.8 Å². The fourth-order valence-electron chi connectivity index (χ4n) is 6.09. The van der Waals surface area contributed by atoms with Crippen molar-refractivity contribution in [3.05, 3.63) is 131 Å². The minimum absolute atomic E-state index is 0.0364. The Morgan fingerprint density at radius 3 is 2.04 bits per heavy atom. The van der Waals surface area contributed by atoms with Crippen molar-refractivity contribution in [3.63, 3.8) is 0 Å². The second-order valence-corrected chi connectivity index (χ2v) is 12.7. The summed E-state index contributed by atoms with van der Waals surface area (Å²) in [6, 6.07) is 30.1. The van der Waals surface area contributed by atoms with Crippen LogP contribution in [-0.2, 0) is 27.2 Å². The van der Waals surface area contributed by atoms with Crippen LogP contribution in [0.1, 0.15) is 46.0 Å². The number of nitrogens with zero attached hydrogens (tertiary/aromatic N) is 1. The molecule has 1 saturated heterocycles. The number of anilines is 1. The molecule has 1 fully saturated rings. The van der Waals surface area contributed by atoms with Crippen molar-refractivity contribution in [1.29, 1.82) is 0 Å². The number of benzene rings is 4. The Morgan fingerprint density at radius 2 is 1.44 bits per heavy atom. The molecule has 0 aromatic heterocycles. The van der Waals surface area contributed by atoms with Gasteiger partial charge in [0.15, 0.2) is 18.5 Å². The second-order valence-electron chi connectivity index (χ2n) is 12.7. The topological polar surface area (TPSA) is 134 Å². The number of carbonyl (C=O) groups excluding carboxylic acids is 4. The van der Waals surface area contributed by atoms with E-state index in [1.807, 2.05) is 92.7 Å². The number of aryl methyl sites for hydroxylation is 2. The van der Waals surface area contributed by atoms with Crippen molar-refractivity contribution < 1.29 is 33.8 Å². The predicted molar refractivity (Wildman–Crippen MR) is 190 cm³/mol. The van der Waals surface area contributed by atoms with Crippen LogP contribution >= 0.6 is 0 Å². The highest BCUT2D eigenvalue weighted by Gasteiger charge is 2.38. The van der Waals surface area contributed by atoms with Crippen LogP contribution in [0.4, 0.5) is 10.5 Å². The van der Waals surface area contributed by atoms with E-state index in [1.54, 1.807) is 24.3 Å². The molecule has 1 heterocycles. The van der Waals surface area contributed by atoms with Gasteiger partial charge in [-0.2, -0.15) is 0 Å². The van der Waals surface area contributed by atoms with Gasteiger partial charge in [-0.3, -0.25) is 19.3 Å². The van der Waals surface area contributed by atoms with Gasteiger partial charge in [-0.25, -0.2) is 4.79 Å². The summed E-state index contributed by atoms with van der Waals surface area (Å²) in [6.45, 7) is 5.07. The highest BCUT2D eigenvalue weighted by Crippen LogP contribution is 2.24. The molecule has 50 heavy (non-hydrogen) atoms. The first-order chi connectivity index (χ1) is 24.1. The molecule has 0 aliphatic carbocycles. The minimum atomic E-state index is -1.12. The summed E-state index contributed by atoms with van der Waals surface area (Å²) in [6.07, 6.45) is -2.03. The van der Waals surface area contributed by atoms with Gasteiger partial charge in [0, 0.05) is 17.3 Å². The molecular formula is C40H43N3O7. The molecule has 0 spiro atoms. The van der Waals surface area contributed by atoms with Gasteiger partial charge in [0.2, 0.25) is 0 Å². The molecule has 1 aliphatic heterocycles. The molecule has 10 nitrogen and oxygen atoms in total. The first-order valence-corrected chi connectivity index (χ1v) is 16.7. The summed E-state index contributed by atoms with van der Waals surface area (Å²) in [5, 5.41) is 17.7. The molecule has 5 rings (SSSR count). The molecule has 260 valence electrons. The average Bonchev–Trinajstić information content (AvgIpc) is 3.50. The Labute approximate surface area is 292 Å². The third-order valence-corrected chi connectivity index (χ3v) is 8.75. The van der Waals surface area contributed by atoms with Gasteiger partial charge in [-0.1, -0.05) is 78.9 Å². The Balaban J connectivity index is 1.29. The normalized spacial score (nSPS) is 15.8. The Morgan fingerprint density at radius 1 is 0.840 bits per heavy atom.